The molecule has 0 aliphatic rings. The minimum Gasteiger partial charge on any atom is -0.345 e. The summed E-state index contributed by atoms with van der Waals surface area (Å²) < 4.78 is 27.2. The number of amides is 1. The summed E-state index contributed by atoms with van der Waals surface area (Å²) in [6.45, 7) is 1.89. The lowest BCUT2D eigenvalue weighted by Crippen LogP contribution is -2.27. The molecule has 0 aromatic carbocycles. The van der Waals surface area contributed by atoms with Crippen LogP contribution in [0.5, 0.6) is 0 Å². The van der Waals surface area contributed by atoms with Crippen LogP contribution in [0.2, 0.25) is 0 Å². The molecule has 0 fully saturated rings. The summed E-state index contributed by atoms with van der Waals surface area (Å²) >= 11 is 1.56. The largest absolute Gasteiger partial charge is 0.345 e. The lowest BCUT2D eigenvalue weighted by molar-refractivity contribution is 0.0932. The van der Waals surface area contributed by atoms with Crippen molar-refractivity contribution in [3.8, 4) is 0 Å². The molecule has 114 valence electrons. The van der Waals surface area contributed by atoms with E-state index in [9.17, 15) is 13.2 Å². The molecule has 2 aromatic heterocycles. The Bertz CT molecular complexity index is 733. The Morgan fingerprint density at radius 2 is 2.14 bits per heavy atom. The van der Waals surface area contributed by atoms with Gasteiger partial charge in [-0.15, -0.1) is 11.3 Å². The number of nitrogens with zero attached hydrogens (tertiary/aromatic N) is 1. The predicted octanol–water partition coefficient (Wildman–Crippen LogP) is 1.49. The lowest BCUT2D eigenvalue weighted by atomic mass is 10.2. The fourth-order valence-electron chi connectivity index (χ4n) is 1.90. The molecule has 8 heteroatoms. The highest BCUT2D eigenvalue weighted by Crippen LogP contribution is 2.19. The van der Waals surface area contributed by atoms with Crippen LogP contribution in [-0.2, 0) is 17.1 Å². The molecule has 0 unspecified atom stereocenters. The average molecular weight is 327 g/mol. The Balaban J connectivity index is 2.20. The van der Waals surface area contributed by atoms with Gasteiger partial charge in [0.1, 0.15) is 10.6 Å². The second-order valence-corrected chi connectivity index (χ2v) is 7.46. The summed E-state index contributed by atoms with van der Waals surface area (Å²) in [6.07, 6.45) is 1.41. The highest BCUT2D eigenvalue weighted by atomic mass is 32.2. The number of aromatic nitrogens is 1. The number of carbonyl (C=O) groups is 1. The van der Waals surface area contributed by atoms with E-state index >= 15 is 0 Å². The van der Waals surface area contributed by atoms with Gasteiger partial charge in [0, 0.05) is 18.1 Å². The highest BCUT2D eigenvalue weighted by molar-refractivity contribution is 7.89. The van der Waals surface area contributed by atoms with Crippen molar-refractivity contribution in [1.29, 1.82) is 0 Å². The van der Waals surface area contributed by atoms with E-state index in [2.05, 4.69) is 10.0 Å². The Hall–Kier alpha value is -1.64. The molecular formula is C13H17N3O3S2. The first-order valence-corrected chi connectivity index (χ1v) is 8.65. The average Bonchev–Trinajstić information content (AvgIpc) is 3.07. The Kier molecular flexibility index (Phi) is 4.50. The van der Waals surface area contributed by atoms with Crippen molar-refractivity contribution in [3.05, 3.63) is 40.3 Å². The molecule has 0 saturated heterocycles. The van der Waals surface area contributed by atoms with Crippen molar-refractivity contribution >= 4 is 27.3 Å². The van der Waals surface area contributed by atoms with Crippen LogP contribution in [0.15, 0.2) is 34.7 Å². The zero-order valence-electron chi connectivity index (χ0n) is 12.0. The molecule has 2 heterocycles. The maximum atomic E-state index is 12.3. The number of nitrogens with one attached hydrogen (secondary N) is 2. The first kappa shape index (κ1) is 15.7. The van der Waals surface area contributed by atoms with Crippen LogP contribution in [0.1, 0.15) is 28.3 Å². The lowest BCUT2D eigenvalue weighted by Gasteiger charge is -2.12. The van der Waals surface area contributed by atoms with Gasteiger partial charge in [0.25, 0.3) is 5.91 Å². The molecule has 0 aliphatic heterocycles. The van der Waals surface area contributed by atoms with E-state index in [1.54, 1.807) is 18.4 Å². The van der Waals surface area contributed by atoms with E-state index in [0.717, 1.165) is 4.88 Å². The van der Waals surface area contributed by atoms with E-state index in [1.807, 2.05) is 24.4 Å². The molecule has 0 spiro atoms. The third-order valence-corrected chi connectivity index (χ3v) is 5.55. The van der Waals surface area contributed by atoms with Crippen LogP contribution < -0.4 is 10.0 Å². The van der Waals surface area contributed by atoms with E-state index in [4.69, 9.17) is 0 Å². The molecule has 1 atom stereocenters. The fourth-order valence-corrected chi connectivity index (χ4v) is 3.44. The first-order chi connectivity index (χ1) is 9.85. The third kappa shape index (κ3) is 3.34. The van der Waals surface area contributed by atoms with Gasteiger partial charge in [0.2, 0.25) is 10.0 Å². The number of hydrogen-bond acceptors (Lipinski definition) is 4. The summed E-state index contributed by atoms with van der Waals surface area (Å²) in [4.78, 5) is 13.4. The van der Waals surface area contributed by atoms with Crippen LogP contribution in [0.4, 0.5) is 0 Å². The SMILES string of the molecule is CNS(=O)(=O)c1cc(C(=O)N[C@@H](C)c2cccs2)n(C)c1. The van der Waals surface area contributed by atoms with E-state index in [-0.39, 0.29) is 16.8 Å². The van der Waals surface area contributed by atoms with Crippen molar-refractivity contribution in [1.82, 2.24) is 14.6 Å². The topological polar surface area (TPSA) is 80.2 Å². The van der Waals surface area contributed by atoms with Gasteiger partial charge in [0.15, 0.2) is 0 Å². The zero-order valence-corrected chi connectivity index (χ0v) is 13.6. The van der Waals surface area contributed by atoms with Gasteiger partial charge in [-0.1, -0.05) is 6.07 Å². The molecule has 0 radical (unpaired) electrons. The number of rotatable bonds is 5. The number of thiophene rings is 1. The maximum Gasteiger partial charge on any atom is 0.268 e. The normalized spacial score (nSPS) is 13.1. The molecule has 0 bridgehead atoms. The Morgan fingerprint density at radius 1 is 1.43 bits per heavy atom. The van der Waals surface area contributed by atoms with Crippen LogP contribution >= 0.6 is 11.3 Å². The van der Waals surface area contributed by atoms with E-state index in [1.165, 1.54) is 23.9 Å². The van der Waals surface area contributed by atoms with Crippen molar-refractivity contribution in [2.75, 3.05) is 7.05 Å². The molecule has 2 rings (SSSR count). The Morgan fingerprint density at radius 3 is 2.71 bits per heavy atom. The molecule has 2 N–H and O–H groups in total. The highest BCUT2D eigenvalue weighted by Gasteiger charge is 2.20. The van der Waals surface area contributed by atoms with Gasteiger partial charge in [-0.2, -0.15) is 0 Å². The zero-order chi connectivity index (χ0) is 15.6. The molecule has 0 aliphatic carbocycles. The van der Waals surface area contributed by atoms with E-state index in [0.29, 0.717) is 5.69 Å². The fraction of sp³-hybridized carbons (Fsp3) is 0.308. The molecular weight excluding hydrogens is 310 g/mol. The molecule has 21 heavy (non-hydrogen) atoms. The number of aryl methyl sites for hydroxylation is 1. The standard InChI is InChI=1S/C13H17N3O3S2/c1-9(12-5-4-6-20-12)15-13(17)11-7-10(8-16(11)3)21(18,19)14-2/h4-9,14H,1-3H3,(H,15,17)/t9-/m0/s1. The Labute approximate surface area is 127 Å². The summed E-state index contributed by atoms with van der Waals surface area (Å²) in [5, 5.41) is 4.80. The number of carbonyl (C=O) groups excluding carboxylic acids is 1. The minimum atomic E-state index is -3.55. The quantitative estimate of drug-likeness (QED) is 0.873. The van der Waals surface area contributed by atoms with Gasteiger partial charge < -0.3 is 9.88 Å². The van der Waals surface area contributed by atoms with Crippen LogP contribution in [-0.4, -0.2) is 25.9 Å². The second kappa shape index (κ2) is 6.00. The van der Waals surface area contributed by atoms with Crippen molar-refractivity contribution in [2.45, 2.75) is 17.9 Å². The van der Waals surface area contributed by atoms with Crippen LogP contribution in [0, 0.1) is 0 Å². The van der Waals surface area contributed by atoms with Gasteiger partial charge in [0.05, 0.1) is 6.04 Å². The number of sulfonamides is 1. The first-order valence-electron chi connectivity index (χ1n) is 6.29. The van der Waals surface area contributed by atoms with Gasteiger partial charge in [-0.3, -0.25) is 4.79 Å². The summed E-state index contributed by atoms with van der Waals surface area (Å²) in [5.74, 6) is -0.309. The molecule has 6 nitrogen and oxygen atoms in total. The van der Waals surface area contributed by atoms with Gasteiger partial charge >= 0.3 is 0 Å². The van der Waals surface area contributed by atoms with E-state index < -0.39 is 10.0 Å². The minimum absolute atomic E-state index is 0.0708. The predicted molar refractivity (Wildman–Crippen MR) is 81.9 cm³/mol. The van der Waals surface area contributed by atoms with Crippen molar-refractivity contribution in [3.63, 3.8) is 0 Å². The molecule has 2 aromatic rings. The van der Waals surface area contributed by atoms with Crippen LogP contribution in [0.25, 0.3) is 0 Å². The summed E-state index contributed by atoms with van der Waals surface area (Å²) in [5.41, 5.74) is 0.298. The monoisotopic (exact) mass is 327 g/mol. The van der Waals surface area contributed by atoms with Crippen LogP contribution in [0.3, 0.4) is 0 Å². The third-order valence-electron chi connectivity index (χ3n) is 3.11. The molecule has 0 saturated carbocycles. The number of hydrogen-bond donors (Lipinski definition) is 2. The summed E-state index contributed by atoms with van der Waals surface area (Å²) in [7, 11) is -0.581. The second-order valence-electron chi connectivity index (χ2n) is 4.59. The smallest absolute Gasteiger partial charge is 0.268 e. The van der Waals surface area contributed by atoms with Crippen molar-refractivity contribution < 1.29 is 13.2 Å². The summed E-state index contributed by atoms with van der Waals surface area (Å²) in [6, 6.07) is 5.10. The van der Waals surface area contributed by atoms with Crippen molar-refractivity contribution in [2.24, 2.45) is 7.05 Å². The van der Waals surface area contributed by atoms with Gasteiger partial charge in [-0.05, 0) is 31.5 Å². The maximum absolute atomic E-state index is 12.3. The molecule has 1 amide bonds. The van der Waals surface area contributed by atoms with Gasteiger partial charge in [-0.25, -0.2) is 13.1 Å².